The molecule has 0 radical (unpaired) electrons. The normalized spacial score (nSPS) is 21.9. The van der Waals surface area contributed by atoms with Crippen molar-refractivity contribution in [3.8, 4) is 0 Å². The highest BCUT2D eigenvalue weighted by Gasteiger charge is 2.32. The van der Waals surface area contributed by atoms with Crippen LogP contribution in [0.25, 0.3) is 0 Å². The van der Waals surface area contributed by atoms with Crippen molar-refractivity contribution in [2.75, 3.05) is 13.1 Å². The molecule has 1 aromatic rings. The maximum Gasteiger partial charge on any atom is 0.252 e. The Balaban J connectivity index is 1.99. The standard InChI is InChI=1S/C16H24N2O2/c1-2-10-18(12-13-6-4-3-5-7-13)16(19)15-9-8-14(11-17)20-15/h3-7,14-15H,2,8-12,17H2,1H3. The van der Waals surface area contributed by atoms with E-state index < -0.39 is 0 Å². The first-order chi connectivity index (χ1) is 9.74. The third-order valence-corrected chi connectivity index (χ3v) is 3.67. The van der Waals surface area contributed by atoms with Gasteiger partial charge in [-0.25, -0.2) is 0 Å². The van der Waals surface area contributed by atoms with Crippen LogP contribution in [0, 0.1) is 0 Å². The molecule has 0 spiro atoms. The summed E-state index contributed by atoms with van der Waals surface area (Å²) in [5.74, 6) is 0.103. The lowest BCUT2D eigenvalue weighted by molar-refractivity contribution is -0.143. The Labute approximate surface area is 120 Å². The van der Waals surface area contributed by atoms with E-state index in [1.807, 2.05) is 35.2 Å². The van der Waals surface area contributed by atoms with Crippen LogP contribution < -0.4 is 5.73 Å². The summed E-state index contributed by atoms with van der Waals surface area (Å²) in [5.41, 5.74) is 6.76. The van der Waals surface area contributed by atoms with Gasteiger partial charge in [-0.05, 0) is 24.8 Å². The summed E-state index contributed by atoms with van der Waals surface area (Å²) in [6.45, 7) is 4.00. The van der Waals surface area contributed by atoms with E-state index in [1.54, 1.807) is 0 Å². The predicted molar refractivity (Wildman–Crippen MR) is 79.1 cm³/mol. The Morgan fingerprint density at radius 1 is 1.35 bits per heavy atom. The number of rotatable bonds is 6. The summed E-state index contributed by atoms with van der Waals surface area (Å²) < 4.78 is 5.72. The van der Waals surface area contributed by atoms with Crippen LogP contribution in [0.5, 0.6) is 0 Å². The Morgan fingerprint density at radius 2 is 2.10 bits per heavy atom. The van der Waals surface area contributed by atoms with Gasteiger partial charge >= 0.3 is 0 Å². The first-order valence-corrected chi connectivity index (χ1v) is 7.42. The second-order valence-corrected chi connectivity index (χ2v) is 5.31. The number of amides is 1. The zero-order valence-electron chi connectivity index (χ0n) is 12.1. The lowest BCUT2D eigenvalue weighted by Gasteiger charge is -2.25. The molecular formula is C16H24N2O2. The Kier molecular flexibility index (Phi) is 5.56. The fourth-order valence-electron chi connectivity index (χ4n) is 2.61. The van der Waals surface area contributed by atoms with Gasteiger partial charge in [0.1, 0.15) is 6.10 Å². The summed E-state index contributed by atoms with van der Waals surface area (Å²) >= 11 is 0. The number of carbonyl (C=O) groups is 1. The molecule has 1 aliphatic rings. The van der Waals surface area contributed by atoms with Crippen LogP contribution in [-0.4, -0.2) is 36.1 Å². The van der Waals surface area contributed by atoms with Crippen LogP contribution in [0.1, 0.15) is 31.7 Å². The second kappa shape index (κ2) is 7.41. The Bertz CT molecular complexity index is 422. The topological polar surface area (TPSA) is 55.6 Å². The fraction of sp³-hybridized carbons (Fsp3) is 0.562. The second-order valence-electron chi connectivity index (χ2n) is 5.31. The van der Waals surface area contributed by atoms with Gasteiger partial charge in [0.05, 0.1) is 6.10 Å². The van der Waals surface area contributed by atoms with Gasteiger partial charge in [0.15, 0.2) is 0 Å². The van der Waals surface area contributed by atoms with E-state index in [-0.39, 0.29) is 18.1 Å². The average Bonchev–Trinajstić information content (AvgIpc) is 2.96. The number of benzene rings is 1. The quantitative estimate of drug-likeness (QED) is 0.864. The Morgan fingerprint density at radius 3 is 2.70 bits per heavy atom. The van der Waals surface area contributed by atoms with Gasteiger partial charge < -0.3 is 15.4 Å². The van der Waals surface area contributed by atoms with Gasteiger partial charge in [0.25, 0.3) is 5.91 Å². The van der Waals surface area contributed by atoms with Crippen LogP contribution in [0.4, 0.5) is 0 Å². The summed E-state index contributed by atoms with van der Waals surface area (Å²) in [5, 5.41) is 0. The van der Waals surface area contributed by atoms with Crippen molar-refractivity contribution in [3.63, 3.8) is 0 Å². The maximum atomic E-state index is 12.6. The summed E-state index contributed by atoms with van der Waals surface area (Å²) in [7, 11) is 0. The average molecular weight is 276 g/mol. The number of hydrogen-bond donors (Lipinski definition) is 1. The number of carbonyl (C=O) groups excluding carboxylic acids is 1. The molecule has 0 saturated carbocycles. The van der Waals surface area contributed by atoms with Crippen molar-refractivity contribution in [1.82, 2.24) is 4.90 Å². The van der Waals surface area contributed by atoms with Crippen LogP contribution >= 0.6 is 0 Å². The van der Waals surface area contributed by atoms with E-state index in [4.69, 9.17) is 10.5 Å². The molecule has 1 heterocycles. The molecule has 2 rings (SSSR count). The minimum atomic E-state index is -0.307. The van der Waals surface area contributed by atoms with Crippen molar-refractivity contribution in [2.45, 2.75) is 44.9 Å². The van der Waals surface area contributed by atoms with Gasteiger partial charge in [0, 0.05) is 19.6 Å². The minimum Gasteiger partial charge on any atom is -0.364 e. The number of nitrogens with zero attached hydrogens (tertiary/aromatic N) is 1. The Hall–Kier alpha value is -1.39. The predicted octanol–water partition coefficient (Wildman–Crippen LogP) is 1.93. The number of nitrogens with two attached hydrogens (primary N) is 1. The van der Waals surface area contributed by atoms with Crippen molar-refractivity contribution < 1.29 is 9.53 Å². The molecule has 2 atom stereocenters. The van der Waals surface area contributed by atoms with Crippen LogP contribution in [-0.2, 0) is 16.1 Å². The minimum absolute atomic E-state index is 0.0455. The first-order valence-electron chi connectivity index (χ1n) is 7.42. The highest BCUT2D eigenvalue weighted by atomic mass is 16.5. The smallest absolute Gasteiger partial charge is 0.252 e. The number of hydrogen-bond acceptors (Lipinski definition) is 3. The first kappa shape index (κ1) is 15.0. The van der Waals surface area contributed by atoms with Crippen molar-refractivity contribution >= 4 is 5.91 Å². The molecule has 2 N–H and O–H groups in total. The zero-order chi connectivity index (χ0) is 14.4. The molecule has 0 aromatic heterocycles. The molecule has 110 valence electrons. The highest BCUT2D eigenvalue weighted by Crippen LogP contribution is 2.21. The molecule has 1 aromatic carbocycles. The molecule has 1 amide bonds. The van der Waals surface area contributed by atoms with Crippen molar-refractivity contribution in [2.24, 2.45) is 5.73 Å². The molecular weight excluding hydrogens is 252 g/mol. The highest BCUT2D eigenvalue weighted by molar-refractivity contribution is 5.81. The molecule has 1 aliphatic heterocycles. The fourth-order valence-corrected chi connectivity index (χ4v) is 2.61. The van der Waals surface area contributed by atoms with E-state index in [0.717, 1.165) is 31.4 Å². The molecule has 1 fully saturated rings. The third-order valence-electron chi connectivity index (χ3n) is 3.67. The van der Waals surface area contributed by atoms with Crippen molar-refractivity contribution in [1.29, 1.82) is 0 Å². The van der Waals surface area contributed by atoms with Crippen LogP contribution in [0.15, 0.2) is 30.3 Å². The summed E-state index contributed by atoms with van der Waals surface area (Å²) in [6.07, 6.45) is 2.36. The monoisotopic (exact) mass is 276 g/mol. The molecule has 2 unspecified atom stereocenters. The molecule has 4 nitrogen and oxygen atoms in total. The van der Waals surface area contributed by atoms with Gasteiger partial charge in [-0.2, -0.15) is 0 Å². The van der Waals surface area contributed by atoms with E-state index in [9.17, 15) is 4.79 Å². The molecule has 0 bridgehead atoms. The number of ether oxygens (including phenoxy) is 1. The lowest BCUT2D eigenvalue weighted by Crippen LogP contribution is -2.39. The van der Waals surface area contributed by atoms with Gasteiger partial charge in [-0.15, -0.1) is 0 Å². The van der Waals surface area contributed by atoms with Crippen molar-refractivity contribution in [3.05, 3.63) is 35.9 Å². The van der Waals surface area contributed by atoms with Gasteiger partial charge in [0.2, 0.25) is 0 Å². The molecule has 20 heavy (non-hydrogen) atoms. The van der Waals surface area contributed by atoms with E-state index in [1.165, 1.54) is 0 Å². The molecule has 1 saturated heterocycles. The molecule has 4 heteroatoms. The van der Waals surface area contributed by atoms with Gasteiger partial charge in [-0.3, -0.25) is 4.79 Å². The summed E-state index contributed by atoms with van der Waals surface area (Å²) in [4.78, 5) is 14.5. The third kappa shape index (κ3) is 3.81. The summed E-state index contributed by atoms with van der Waals surface area (Å²) in [6, 6.07) is 10.1. The zero-order valence-corrected chi connectivity index (χ0v) is 12.1. The van der Waals surface area contributed by atoms with E-state index in [0.29, 0.717) is 13.1 Å². The molecule has 0 aliphatic carbocycles. The maximum absolute atomic E-state index is 12.6. The van der Waals surface area contributed by atoms with Crippen LogP contribution in [0.2, 0.25) is 0 Å². The lowest BCUT2D eigenvalue weighted by atomic mass is 10.1. The SMILES string of the molecule is CCCN(Cc1ccccc1)C(=O)C1CCC(CN)O1. The van der Waals surface area contributed by atoms with E-state index >= 15 is 0 Å². The van der Waals surface area contributed by atoms with E-state index in [2.05, 4.69) is 6.92 Å². The van der Waals surface area contributed by atoms with Crippen LogP contribution in [0.3, 0.4) is 0 Å². The van der Waals surface area contributed by atoms with Gasteiger partial charge in [-0.1, -0.05) is 37.3 Å². The largest absolute Gasteiger partial charge is 0.364 e.